The fourth-order valence-corrected chi connectivity index (χ4v) is 8.02. The van der Waals surface area contributed by atoms with Crippen LogP contribution in [0.2, 0.25) is 5.15 Å². The Balaban J connectivity index is 0.000000142. The highest BCUT2D eigenvalue weighted by atomic mass is 35.5. The summed E-state index contributed by atoms with van der Waals surface area (Å²) in [6.45, 7) is 0.867. The molecule has 11 rings (SSSR count). The zero-order valence-electron chi connectivity index (χ0n) is 36.1. The molecule has 2 aliphatic heterocycles. The third-order valence-electron chi connectivity index (χ3n) is 11.0. The highest BCUT2D eigenvalue weighted by molar-refractivity contribution is 6.34. The summed E-state index contributed by atoms with van der Waals surface area (Å²) in [5.41, 5.74) is 4.48. The van der Waals surface area contributed by atoms with Crippen LogP contribution in [0.15, 0.2) is 122 Å². The molecule has 2 fully saturated rings. The van der Waals surface area contributed by atoms with Crippen LogP contribution in [-0.4, -0.2) is 87.4 Å². The van der Waals surface area contributed by atoms with E-state index in [9.17, 15) is 23.5 Å². The second kappa shape index (κ2) is 19.3. The van der Waals surface area contributed by atoms with E-state index in [2.05, 4.69) is 35.2 Å². The third kappa shape index (κ3) is 8.97. The quantitative estimate of drug-likeness (QED) is 0.138. The molecule has 0 unspecified atom stereocenters. The van der Waals surface area contributed by atoms with Crippen LogP contribution in [0.5, 0.6) is 11.5 Å². The summed E-state index contributed by atoms with van der Waals surface area (Å²) in [6.07, 6.45) is 6.96. The van der Waals surface area contributed by atoms with Gasteiger partial charge in [0.1, 0.15) is 34.1 Å². The van der Waals surface area contributed by atoms with Gasteiger partial charge in [-0.1, -0.05) is 17.7 Å². The summed E-state index contributed by atoms with van der Waals surface area (Å²) >= 11 is 6.21. The van der Waals surface area contributed by atoms with E-state index in [1.54, 1.807) is 69.3 Å². The topological polar surface area (TPSA) is 199 Å². The van der Waals surface area contributed by atoms with Crippen molar-refractivity contribution in [3.63, 3.8) is 0 Å². The van der Waals surface area contributed by atoms with Crippen LogP contribution in [0.1, 0.15) is 16.7 Å². The molecule has 8 aromatic rings. The normalized spacial score (nSPS) is 15.3. The summed E-state index contributed by atoms with van der Waals surface area (Å²) < 4.78 is 59.5. The van der Waals surface area contributed by atoms with Gasteiger partial charge in [0.05, 0.1) is 51.7 Å². The largest absolute Gasteiger partial charge is 0.497 e. The van der Waals surface area contributed by atoms with Crippen LogP contribution in [-0.2, 0) is 46.5 Å². The molecule has 1 spiro atoms. The molecule has 6 heterocycles. The molecule has 344 valence electrons. The van der Waals surface area contributed by atoms with Gasteiger partial charge in [-0.3, -0.25) is 14.8 Å². The molecule has 0 saturated carbocycles. The Labute approximate surface area is 390 Å². The number of rotatable bonds is 8. The molecule has 0 bridgehead atoms. The number of hydrogen-bond acceptors (Lipinski definition) is 15. The fraction of sp³-hybridized carbons (Fsp3) is 0.184. The maximum absolute atomic E-state index is 14.2. The van der Waals surface area contributed by atoms with E-state index in [-0.39, 0.29) is 42.5 Å². The first-order valence-corrected chi connectivity index (χ1v) is 21.2. The van der Waals surface area contributed by atoms with E-state index >= 15 is 0 Å². The van der Waals surface area contributed by atoms with Gasteiger partial charge >= 0.3 is 5.97 Å². The number of halogens is 3. The van der Waals surface area contributed by atoms with Gasteiger partial charge in [0, 0.05) is 69.9 Å². The van der Waals surface area contributed by atoms with Crippen molar-refractivity contribution in [3.8, 4) is 34.3 Å². The number of benzene rings is 4. The number of carbonyl (C=O) groups excluding carboxylic acids is 1. The molecule has 2 N–H and O–H groups in total. The predicted octanol–water partition coefficient (Wildman–Crippen LogP) is 8.37. The molecule has 3 aliphatic rings. The lowest BCUT2D eigenvalue weighted by atomic mass is 10.0. The van der Waals surface area contributed by atoms with Crippen LogP contribution in [0, 0.1) is 11.6 Å². The number of carboxylic acids is 1. The van der Waals surface area contributed by atoms with Crippen LogP contribution in [0.4, 0.5) is 20.3 Å². The number of methoxy groups -OCH3 is 2. The lowest BCUT2D eigenvalue weighted by Gasteiger charge is -2.25. The zero-order valence-corrected chi connectivity index (χ0v) is 36.9. The summed E-state index contributed by atoms with van der Waals surface area (Å²) in [5.74, 6) is -3.35. The van der Waals surface area contributed by atoms with Gasteiger partial charge in [0.25, 0.3) is 11.6 Å². The Kier molecular flexibility index (Phi) is 12.9. The van der Waals surface area contributed by atoms with E-state index in [0.717, 1.165) is 33.8 Å². The number of Topliss-reactive ketones (excluding diaryl/α,β-unsaturated/α-hetero) is 1. The number of nitrogens with one attached hydrogen (secondary N) is 1. The van der Waals surface area contributed by atoms with E-state index in [1.165, 1.54) is 24.3 Å². The third-order valence-corrected chi connectivity index (χ3v) is 11.3. The average Bonchev–Trinajstić information content (AvgIpc) is 4.14. The van der Waals surface area contributed by atoms with E-state index in [0.29, 0.717) is 63.6 Å². The maximum Gasteiger partial charge on any atom is 0.369 e. The fourth-order valence-electron chi connectivity index (χ4n) is 7.78. The number of ether oxygens (including phenoxy) is 6. The van der Waals surface area contributed by atoms with Crippen LogP contribution in [0.25, 0.3) is 44.6 Å². The van der Waals surface area contributed by atoms with Crippen molar-refractivity contribution in [1.82, 2.24) is 29.9 Å². The van der Waals surface area contributed by atoms with Crippen LogP contribution >= 0.6 is 11.6 Å². The van der Waals surface area contributed by atoms with Crippen LogP contribution < -0.4 is 14.8 Å². The van der Waals surface area contributed by atoms with Crippen molar-refractivity contribution in [3.05, 3.63) is 155 Å². The Morgan fingerprint density at radius 3 is 1.84 bits per heavy atom. The number of ketones is 1. The Hall–Kier alpha value is -7.61. The van der Waals surface area contributed by atoms with Crippen molar-refractivity contribution in [2.24, 2.45) is 0 Å². The number of carboxylic acid groups (broad SMARTS) is 1. The molecule has 0 atom stereocenters. The molecular weight excluding hydrogens is 904 g/mol. The lowest BCUT2D eigenvalue weighted by molar-refractivity contribution is -0.205. The first-order valence-electron chi connectivity index (χ1n) is 20.9. The molecule has 19 heteroatoms. The van der Waals surface area contributed by atoms with E-state index in [1.807, 2.05) is 36.4 Å². The standard InChI is InChI=1S/C24H19FN4O5.C14H10ClN3O.C11H9FO3/c1-32-16-5-7-19-17(12-16)22(29-21(27-19)14-3-2-8-26-13-14)28-20-6-4-15(25)11-18(20)24(23(30)31)33-9-10-34-24;1-19-10-4-5-12-11(7-10)13(15)18-14(17-12)9-3-2-6-16-8-9;12-8-2-1-7-5-10(13)11(9(7)6-8)14-3-4-15-11/h2-8,11-13H,9-10H2,1H3,(H,30,31)(H,27,28,29);2-8H,1H3;1-2,6H,3-5H2. The van der Waals surface area contributed by atoms with Gasteiger partial charge < -0.3 is 38.8 Å². The molecule has 68 heavy (non-hydrogen) atoms. The Morgan fingerprint density at radius 1 is 0.691 bits per heavy atom. The molecule has 0 amide bonds. The molecule has 16 nitrogen and oxygen atoms in total. The first kappa shape index (κ1) is 45.5. The SMILES string of the molecule is COc1ccc2nc(-c3cccnc3)nc(Cl)c2c1.COc1ccc2nc(-c3cccnc3)nc(Nc3ccc(F)cc3C3(C(=O)O)OCCO3)c2c1.O=C1Cc2ccc(F)cc2C12OCCO2. The lowest BCUT2D eigenvalue weighted by Crippen LogP contribution is -2.37. The highest BCUT2D eigenvalue weighted by Crippen LogP contribution is 2.42. The van der Waals surface area contributed by atoms with Gasteiger partial charge in [-0.25, -0.2) is 33.5 Å². The number of pyridine rings is 2. The minimum absolute atomic E-state index is 0.0184. The second-order valence-electron chi connectivity index (χ2n) is 15.1. The number of aromatic nitrogens is 6. The number of aliphatic carboxylic acids is 1. The van der Waals surface area contributed by atoms with E-state index in [4.69, 9.17) is 40.0 Å². The predicted molar refractivity (Wildman–Crippen MR) is 243 cm³/mol. The molecule has 4 aromatic heterocycles. The highest BCUT2D eigenvalue weighted by Gasteiger charge is 2.52. The van der Waals surface area contributed by atoms with Crippen molar-refractivity contribution in [2.75, 3.05) is 46.0 Å². The van der Waals surface area contributed by atoms with Gasteiger partial charge in [0.2, 0.25) is 5.78 Å². The van der Waals surface area contributed by atoms with Crippen LogP contribution in [0.3, 0.4) is 0 Å². The van der Waals surface area contributed by atoms with Crippen molar-refractivity contribution in [2.45, 2.75) is 18.0 Å². The number of anilines is 2. The molecule has 2 saturated heterocycles. The second-order valence-corrected chi connectivity index (χ2v) is 15.5. The summed E-state index contributed by atoms with van der Waals surface area (Å²) in [6, 6.07) is 26.2. The monoisotopic (exact) mass is 941 g/mol. The molecule has 4 aromatic carbocycles. The number of hydrogen-bond donors (Lipinski definition) is 2. The minimum atomic E-state index is -2.14. The minimum Gasteiger partial charge on any atom is -0.497 e. The summed E-state index contributed by atoms with van der Waals surface area (Å²) in [4.78, 5) is 50.2. The van der Waals surface area contributed by atoms with Gasteiger partial charge in [-0.2, -0.15) is 0 Å². The van der Waals surface area contributed by atoms with Gasteiger partial charge in [-0.05, 0) is 96.6 Å². The summed E-state index contributed by atoms with van der Waals surface area (Å²) in [5, 5.41) is 14.8. The molecule has 0 radical (unpaired) electrons. The zero-order chi connectivity index (χ0) is 47.4. The van der Waals surface area contributed by atoms with Gasteiger partial charge in [0.15, 0.2) is 11.6 Å². The first-order chi connectivity index (χ1) is 33.0. The number of carbonyl (C=O) groups is 2. The Morgan fingerprint density at radius 2 is 1.25 bits per heavy atom. The van der Waals surface area contributed by atoms with Crippen molar-refractivity contribution in [1.29, 1.82) is 0 Å². The van der Waals surface area contributed by atoms with Crippen molar-refractivity contribution < 1.29 is 51.9 Å². The Bertz CT molecular complexity index is 3180. The summed E-state index contributed by atoms with van der Waals surface area (Å²) in [7, 11) is 3.16. The smallest absolute Gasteiger partial charge is 0.369 e. The van der Waals surface area contributed by atoms with E-state index < -0.39 is 23.4 Å². The number of fused-ring (bicyclic) bond motifs is 4. The molecule has 1 aliphatic carbocycles. The van der Waals surface area contributed by atoms with Gasteiger partial charge in [-0.15, -0.1) is 0 Å². The maximum atomic E-state index is 14.2. The molecular formula is C49H38ClF2N7O9. The number of nitrogens with zero attached hydrogens (tertiary/aromatic N) is 6. The van der Waals surface area contributed by atoms with Crippen molar-refractivity contribution >= 4 is 56.7 Å². The average molecular weight is 942 g/mol.